The van der Waals surface area contributed by atoms with Crippen molar-refractivity contribution in [3.63, 3.8) is 0 Å². The van der Waals surface area contributed by atoms with Crippen LogP contribution in [0, 0.1) is 6.92 Å². The number of benzene rings is 1. The van der Waals surface area contributed by atoms with Crippen LogP contribution in [0.4, 0.5) is 5.69 Å². The van der Waals surface area contributed by atoms with Gasteiger partial charge >= 0.3 is 0 Å². The smallest absolute Gasteiger partial charge is 0.0406 e. The Balaban J connectivity index is 2.32. The first-order valence-corrected chi connectivity index (χ1v) is 4.81. The molecule has 0 saturated carbocycles. The van der Waals surface area contributed by atoms with Crippen molar-refractivity contribution in [3.05, 3.63) is 29.3 Å². The number of hydrogen-bond donors (Lipinski definition) is 2. The maximum Gasteiger partial charge on any atom is 0.0406 e. The van der Waals surface area contributed by atoms with E-state index in [0.717, 1.165) is 13.1 Å². The lowest BCUT2D eigenvalue weighted by atomic mass is 9.99. The average molecular weight is 176 g/mol. The average Bonchev–Trinajstić information content (AvgIpc) is 2.51. The molecule has 0 radical (unpaired) electrons. The number of hydrogen-bond acceptors (Lipinski definition) is 2. The van der Waals surface area contributed by atoms with E-state index in [4.69, 9.17) is 0 Å². The third-order valence-corrected chi connectivity index (χ3v) is 2.72. The number of para-hydroxylation sites is 1. The SMILES string of the molecule is CNCC1CNc2c(C)cccc21. The summed E-state index contributed by atoms with van der Waals surface area (Å²) in [5.41, 5.74) is 4.17. The van der Waals surface area contributed by atoms with Crippen LogP contribution in [0.15, 0.2) is 18.2 Å². The minimum atomic E-state index is 0.639. The van der Waals surface area contributed by atoms with Gasteiger partial charge in [-0.3, -0.25) is 0 Å². The van der Waals surface area contributed by atoms with Crippen molar-refractivity contribution in [2.45, 2.75) is 12.8 Å². The number of aryl methyl sites for hydroxylation is 1. The van der Waals surface area contributed by atoms with Gasteiger partial charge in [0.15, 0.2) is 0 Å². The van der Waals surface area contributed by atoms with E-state index < -0.39 is 0 Å². The molecule has 70 valence electrons. The van der Waals surface area contributed by atoms with Crippen molar-refractivity contribution in [2.24, 2.45) is 0 Å². The van der Waals surface area contributed by atoms with Gasteiger partial charge in [-0.15, -0.1) is 0 Å². The summed E-state index contributed by atoms with van der Waals surface area (Å²) in [6, 6.07) is 6.53. The van der Waals surface area contributed by atoms with Gasteiger partial charge in [0.25, 0.3) is 0 Å². The monoisotopic (exact) mass is 176 g/mol. The number of anilines is 1. The van der Waals surface area contributed by atoms with Crippen molar-refractivity contribution >= 4 is 5.69 Å². The molecule has 0 saturated heterocycles. The number of rotatable bonds is 2. The van der Waals surface area contributed by atoms with Crippen LogP contribution < -0.4 is 10.6 Å². The van der Waals surface area contributed by atoms with Crippen LogP contribution in [0.3, 0.4) is 0 Å². The highest BCUT2D eigenvalue weighted by molar-refractivity contribution is 5.62. The Morgan fingerprint density at radius 3 is 3.15 bits per heavy atom. The molecule has 2 N–H and O–H groups in total. The number of nitrogens with one attached hydrogen (secondary N) is 2. The van der Waals surface area contributed by atoms with Crippen LogP contribution in [0.5, 0.6) is 0 Å². The molecule has 2 heteroatoms. The first kappa shape index (κ1) is 8.57. The van der Waals surface area contributed by atoms with E-state index in [-0.39, 0.29) is 0 Å². The quantitative estimate of drug-likeness (QED) is 0.717. The topological polar surface area (TPSA) is 24.1 Å². The molecule has 1 aliphatic rings. The second-order valence-electron chi connectivity index (χ2n) is 3.67. The molecule has 2 nitrogen and oxygen atoms in total. The molecule has 0 amide bonds. The molecular weight excluding hydrogens is 160 g/mol. The lowest BCUT2D eigenvalue weighted by Crippen LogP contribution is -2.18. The maximum atomic E-state index is 3.46. The Bertz CT molecular complexity index is 307. The zero-order chi connectivity index (χ0) is 9.26. The summed E-state index contributed by atoms with van der Waals surface area (Å²) in [6.45, 7) is 4.29. The third kappa shape index (κ3) is 1.42. The van der Waals surface area contributed by atoms with Gasteiger partial charge in [-0.05, 0) is 25.1 Å². The zero-order valence-electron chi connectivity index (χ0n) is 8.22. The van der Waals surface area contributed by atoms with E-state index in [1.807, 2.05) is 7.05 Å². The summed E-state index contributed by atoms with van der Waals surface area (Å²) in [4.78, 5) is 0. The van der Waals surface area contributed by atoms with Crippen LogP contribution in [0.25, 0.3) is 0 Å². The van der Waals surface area contributed by atoms with Gasteiger partial charge in [-0.2, -0.15) is 0 Å². The fourth-order valence-corrected chi connectivity index (χ4v) is 2.04. The predicted octanol–water partition coefficient (Wildman–Crippen LogP) is 1.72. The molecule has 2 rings (SSSR count). The molecule has 0 aromatic heterocycles. The zero-order valence-corrected chi connectivity index (χ0v) is 8.22. The second kappa shape index (κ2) is 3.38. The lowest BCUT2D eigenvalue weighted by molar-refractivity contribution is 0.674. The van der Waals surface area contributed by atoms with Crippen molar-refractivity contribution in [3.8, 4) is 0 Å². The molecule has 0 spiro atoms. The highest BCUT2D eigenvalue weighted by Gasteiger charge is 2.21. The summed E-state index contributed by atoms with van der Waals surface area (Å²) < 4.78 is 0. The van der Waals surface area contributed by atoms with Crippen molar-refractivity contribution in [1.82, 2.24) is 5.32 Å². The van der Waals surface area contributed by atoms with Crippen LogP contribution in [-0.4, -0.2) is 20.1 Å². The van der Waals surface area contributed by atoms with Crippen LogP contribution in [0.1, 0.15) is 17.0 Å². The van der Waals surface area contributed by atoms with E-state index in [0.29, 0.717) is 5.92 Å². The normalized spacial score (nSPS) is 19.7. The van der Waals surface area contributed by atoms with E-state index in [9.17, 15) is 0 Å². The Morgan fingerprint density at radius 1 is 1.54 bits per heavy atom. The summed E-state index contributed by atoms with van der Waals surface area (Å²) >= 11 is 0. The Hall–Kier alpha value is -1.02. The van der Waals surface area contributed by atoms with Gasteiger partial charge in [0.2, 0.25) is 0 Å². The molecule has 1 aromatic rings. The first-order valence-electron chi connectivity index (χ1n) is 4.81. The van der Waals surface area contributed by atoms with Gasteiger partial charge in [-0.1, -0.05) is 18.2 Å². The van der Waals surface area contributed by atoms with Crippen molar-refractivity contribution in [2.75, 3.05) is 25.5 Å². The standard InChI is InChI=1S/C11H16N2/c1-8-4-3-5-10-9(6-12-2)7-13-11(8)10/h3-5,9,12-13H,6-7H2,1-2H3. The Labute approximate surface area is 79.4 Å². The predicted molar refractivity (Wildman–Crippen MR) is 56.3 cm³/mol. The Kier molecular flexibility index (Phi) is 2.23. The molecule has 13 heavy (non-hydrogen) atoms. The maximum absolute atomic E-state index is 3.46. The van der Waals surface area contributed by atoms with Crippen LogP contribution >= 0.6 is 0 Å². The van der Waals surface area contributed by atoms with Gasteiger partial charge in [0, 0.05) is 24.7 Å². The summed E-state index contributed by atoms with van der Waals surface area (Å²) in [6.07, 6.45) is 0. The van der Waals surface area contributed by atoms with Crippen molar-refractivity contribution < 1.29 is 0 Å². The second-order valence-corrected chi connectivity index (χ2v) is 3.67. The first-order chi connectivity index (χ1) is 6.33. The molecule has 1 atom stereocenters. The number of likely N-dealkylation sites (N-methyl/N-ethyl adjacent to an activating group) is 1. The largest absolute Gasteiger partial charge is 0.384 e. The number of fused-ring (bicyclic) bond motifs is 1. The van der Waals surface area contributed by atoms with Crippen LogP contribution in [-0.2, 0) is 0 Å². The summed E-state index contributed by atoms with van der Waals surface area (Å²) in [7, 11) is 2.01. The molecular formula is C11H16N2. The van der Waals surface area contributed by atoms with E-state index in [1.165, 1.54) is 16.8 Å². The fraction of sp³-hybridized carbons (Fsp3) is 0.455. The summed E-state index contributed by atoms with van der Waals surface area (Å²) in [5, 5.41) is 6.69. The molecule has 0 aliphatic carbocycles. The van der Waals surface area contributed by atoms with Gasteiger partial charge in [0.05, 0.1) is 0 Å². The lowest BCUT2D eigenvalue weighted by Gasteiger charge is -2.08. The van der Waals surface area contributed by atoms with E-state index in [1.54, 1.807) is 0 Å². The minimum Gasteiger partial charge on any atom is -0.384 e. The molecule has 1 heterocycles. The van der Waals surface area contributed by atoms with Crippen molar-refractivity contribution in [1.29, 1.82) is 0 Å². The van der Waals surface area contributed by atoms with Gasteiger partial charge in [-0.25, -0.2) is 0 Å². The molecule has 0 fully saturated rings. The molecule has 1 unspecified atom stereocenters. The third-order valence-electron chi connectivity index (χ3n) is 2.72. The van der Waals surface area contributed by atoms with Crippen LogP contribution in [0.2, 0.25) is 0 Å². The minimum absolute atomic E-state index is 0.639. The van der Waals surface area contributed by atoms with Gasteiger partial charge in [0.1, 0.15) is 0 Å². The Morgan fingerprint density at radius 2 is 2.38 bits per heavy atom. The molecule has 1 aromatic carbocycles. The molecule has 1 aliphatic heterocycles. The highest BCUT2D eigenvalue weighted by atomic mass is 14.9. The van der Waals surface area contributed by atoms with E-state index >= 15 is 0 Å². The van der Waals surface area contributed by atoms with Gasteiger partial charge < -0.3 is 10.6 Å². The fourth-order valence-electron chi connectivity index (χ4n) is 2.04. The van der Waals surface area contributed by atoms with E-state index in [2.05, 4.69) is 35.8 Å². The highest BCUT2D eigenvalue weighted by Crippen LogP contribution is 2.33. The molecule has 0 bridgehead atoms. The summed E-state index contributed by atoms with van der Waals surface area (Å²) in [5.74, 6) is 0.639.